The zero-order valence-corrected chi connectivity index (χ0v) is 25.0. The predicted molar refractivity (Wildman–Crippen MR) is 167 cm³/mol. The van der Waals surface area contributed by atoms with Gasteiger partial charge in [0, 0.05) is 18.5 Å². The lowest BCUT2D eigenvalue weighted by atomic mass is 10.1. The van der Waals surface area contributed by atoms with E-state index in [0.29, 0.717) is 22.7 Å². The van der Waals surface area contributed by atoms with Crippen LogP contribution in [-0.4, -0.2) is 35.1 Å². The monoisotopic (exact) mass is 601 g/mol. The SMILES string of the molecule is CC(=C1CC1)c1ccn(-c2nc(NC(=O)c3ccc([N+](=O)[O-])s3)c3cnn(-c4ccc(F)cc4)c3n2)c1.CCCCCC. The van der Waals surface area contributed by atoms with Crippen LogP contribution in [0.4, 0.5) is 15.2 Å². The molecule has 4 heterocycles. The molecule has 0 bridgehead atoms. The summed E-state index contributed by atoms with van der Waals surface area (Å²) in [5.74, 6) is -0.430. The molecule has 43 heavy (non-hydrogen) atoms. The van der Waals surface area contributed by atoms with Gasteiger partial charge in [0.15, 0.2) is 5.65 Å². The third kappa shape index (κ3) is 6.86. The zero-order valence-electron chi connectivity index (χ0n) is 24.2. The van der Waals surface area contributed by atoms with Crippen molar-refractivity contribution in [3.63, 3.8) is 0 Å². The normalized spacial score (nSPS) is 12.1. The Balaban J connectivity index is 0.000000559. The first kappa shape index (κ1) is 29.8. The van der Waals surface area contributed by atoms with Gasteiger partial charge >= 0.3 is 5.00 Å². The molecule has 222 valence electrons. The standard InChI is InChI=1S/C25H18FN7O3S.C6H14/c1-14(15-2-3-15)16-10-11-31(13-16)25-29-22(28-24(34)20-8-9-21(37-20)33(35)36)19-12-27-32(23(19)30-25)18-6-4-17(26)5-7-18;1-3-5-6-4-2/h4-13H,2-3H2,1H3,(H,28,29,30,34);3-6H2,1-2H3. The molecule has 1 aromatic carbocycles. The Labute approximate surface area is 252 Å². The number of thiophene rings is 1. The van der Waals surface area contributed by atoms with Crippen molar-refractivity contribution in [2.75, 3.05) is 5.32 Å². The van der Waals surface area contributed by atoms with Crippen molar-refractivity contribution in [2.45, 2.75) is 59.3 Å². The Morgan fingerprint density at radius 1 is 1.07 bits per heavy atom. The summed E-state index contributed by atoms with van der Waals surface area (Å²) in [5, 5.41) is 18.5. The summed E-state index contributed by atoms with van der Waals surface area (Å²) in [4.78, 5) is 32.9. The molecule has 1 saturated carbocycles. The molecule has 0 spiro atoms. The number of nitrogens with zero attached hydrogens (tertiary/aromatic N) is 6. The van der Waals surface area contributed by atoms with E-state index in [2.05, 4.69) is 36.2 Å². The van der Waals surface area contributed by atoms with Gasteiger partial charge in [0.25, 0.3) is 5.91 Å². The van der Waals surface area contributed by atoms with Crippen molar-refractivity contribution in [1.82, 2.24) is 24.3 Å². The molecule has 1 N–H and O–H groups in total. The highest BCUT2D eigenvalue weighted by atomic mass is 32.1. The molecule has 10 nitrogen and oxygen atoms in total. The molecule has 1 aliphatic carbocycles. The van der Waals surface area contributed by atoms with Gasteiger partial charge in [-0.15, -0.1) is 0 Å². The fourth-order valence-corrected chi connectivity index (χ4v) is 5.20. The summed E-state index contributed by atoms with van der Waals surface area (Å²) in [6.07, 6.45) is 13.0. The first-order chi connectivity index (χ1) is 20.8. The number of hydrogen-bond donors (Lipinski definition) is 1. The Morgan fingerprint density at radius 2 is 1.79 bits per heavy atom. The van der Waals surface area contributed by atoms with E-state index in [1.165, 1.54) is 72.0 Å². The second kappa shape index (κ2) is 13.1. The van der Waals surface area contributed by atoms with E-state index in [1.54, 1.807) is 16.7 Å². The van der Waals surface area contributed by atoms with Crippen molar-refractivity contribution in [3.05, 3.63) is 93.0 Å². The molecule has 1 aliphatic rings. The van der Waals surface area contributed by atoms with Crippen molar-refractivity contribution in [1.29, 1.82) is 0 Å². The molecule has 0 unspecified atom stereocenters. The minimum absolute atomic E-state index is 0.136. The van der Waals surface area contributed by atoms with E-state index < -0.39 is 10.8 Å². The Morgan fingerprint density at radius 3 is 2.42 bits per heavy atom. The first-order valence-corrected chi connectivity index (χ1v) is 15.0. The molecule has 0 aliphatic heterocycles. The maximum atomic E-state index is 13.5. The number of aromatic nitrogens is 5. The second-order valence-corrected chi connectivity index (χ2v) is 11.3. The number of anilines is 1. The fourth-order valence-electron chi connectivity index (χ4n) is 4.48. The number of allylic oxidation sites excluding steroid dienone is 2. The topological polar surface area (TPSA) is 121 Å². The van der Waals surface area contributed by atoms with Crippen molar-refractivity contribution in [3.8, 4) is 11.6 Å². The number of unbranched alkanes of at least 4 members (excludes halogenated alkanes) is 3. The fraction of sp³-hybridized carbons (Fsp3) is 0.290. The average Bonchev–Trinajstić information content (AvgIpc) is 3.37. The highest BCUT2D eigenvalue weighted by Crippen LogP contribution is 2.36. The summed E-state index contributed by atoms with van der Waals surface area (Å²) in [5.41, 5.74) is 4.68. The van der Waals surface area contributed by atoms with E-state index in [0.717, 1.165) is 29.7 Å². The maximum absolute atomic E-state index is 13.5. The molecule has 0 saturated heterocycles. The maximum Gasteiger partial charge on any atom is 0.324 e. The number of hydrogen-bond acceptors (Lipinski definition) is 7. The Kier molecular flexibility index (Phi) is 9.05. The van der Waals surface area contributed by atoms with Crippen LogP contribution in [0.15, 0.2) is 66.6 Å². The van der Waals surface area contributed by atoms with Crippen LogP contribution in [0.25, 0.3) is 28.2 Å². The van der Waals surface area contributed by atoms with E-state index in [1.807, 2.05) is 18.5 Å². The molecule has 6 rings (SSSR count). The van der Waals surface area contributed by atoms with Gasteiger partial charge in [-0.3, -0.25) is 19.5 Å². The molecule has 1 fully saturated rings. The molecule has 0 radical (unpaired) electrons. The summed E-state index contributed by atoms with van der Waals surface area (Å²) in [7, 11) is 0. The van der Waals surface area contributed by atoms with Gasteiger partial charge in [-0.1, -0.05) is 56.4 Å². The highest BCUT2D eigenvalue weighted by molar-refractivity contribution is 7.17. The van der Waals surface area contributed by atoms with Gasteiger partial charge in [0.2, 0.25) is 5.95 Å². The lowest BCUT2D eigenvalue weighted by Gasteiger charge is -2.09. The van der Waals surface area contributed by atoms with Crippen LogP contribution < -0.4 is 5.32 Å². The van der Waals surface area contributed by atoms with Gasteiger partial charge in [-0.05, 0) is 67.3 Å². The smallest absolute Gasteiger partial charge is 0.305 e. The molecule has 0 atom stereocenters. The van der Waals surface area contributed by atoms with Gasteiger partial charge < -0.3 is 5.32 Å². The summed E-state index contributed by atoms with van der Waals surface area (Å²) < 4.78 is 16.8. The molecular formula is C31H32FN7O3S. The van der Waals surface area contributed by atoms with Crippen molar-refractivity contribution in [2.24, 2.45) is 0 Å². The molecule has 4 aromatic heterocycles. The van der Waals surface area contributed by atoms with Crippen LogP contribution in [0.5, 0.6) is 0 Å². The van der Waals surface area contributed by atoms with Gasteiger partial charge in [-0.25, -0.2) is 9.07 Å². The van der Waals surface area contributed by atoms with Gasteiger partial charge in [-0.2, -0.15) is 15.1 Å². The van der Waals surface area contributed by atoms with Crippen molar-refractivity contribution >= 4 is 44.7 Å². The lowest BCUT2D eigenvalue weighted by Crippen LogP contribution is -2.13. The number of nitrogens with one attached hydrogen (secondary N) is 1. The molecular weight excluding hydrogens is 569 g/mol. The van der Waals surface area contributed by atoms with Crippen LogP contribution in [-0.2, 0) is 0 Å². The number of carbonyl (C=O) groups excluding carboxylic acids is 1. The highest BCUT2D eigenvalue weighted by Gasteiger charge is 2.21. The number of fused-ring (bicyclic) bond motifs is 1. The van der Waals surface area contributed by atoms with E-state index in [9.17, 15) is 19.3 Å². The summed E-state index contributed by atoms with van der Waals surface area (Å²) >= 11 is 0.772. The van der Waals surface area contributed by atoms with Gasteiger partial charge in [0.05, 0.1) is 27.1 Å². The number of rotatable bonds is 9. The Bertz CT molecular complexity index is 1790. The number of nitro groups is 1. The van der Waals surface area contributed by atoms with Crippen LogP contribution in [0.3, 0.4) is 0 Å². The van der Waals surface area contributed by atoms with Crippen LogP contribution in [0.2, 0.25) is 0 Å². The Hall–Kier alpha value is -4.71. The number of benzene rings is 1. The third-order valence-electron chi connectivity index (χ3n) is 7.06. The zero-order chi connectivity index (χ0) is 30.5. The minimum atomic E-state index is -0.544. The number of carbonyl (C=O) groups is 1. The average molecular weight is 602 g/mol. The number of halogens is 1. The van der Waals surface area contributed by atoms with Crippen molar-refractivity contribution < 1.29 is 14.1 Å². The minimum Gasteiger partial charge on any atom is -0.305 e. The largest absolute Gasteiger partial charge is 0.324 e. The van der Waals surface area contributed by atoms with Crippen LogP contribution in [0, 0.1) is 15.9 Å². The van der Waals surface area contributed by atoms with E-state index >= 15 is 0 Å². The summed E-state index contributed by atoms with van der Waals surface area (Å²) in [6, 6.07) is 10.5. The molecule has 12 heteroatoms. The third-order valence-corrected chi connectivity index (χ3v) is 8.10. The van der Waals surface area contributed by atoms with Gasteiger partial charge in [0.1, 0.15) is 11.6 Å². The first-order valence-electron chi connectivity index (χ1n) is 14.2. The lowest BCUT2D eigenvalue weighted by molar-refractivity contribution is -0.380. The van der Waals surface area contributed by atoms with Crippen LogP contribution >= 0.6 is 11.3 Å². The van der Waals surface area contributed by atoms with Crippen LogP contribution in [0.1, 0.15) is 74.5 Å². The molecule has 5 aromatic rings. The predicted octanol–water partition coefficient (Wildman–Crippen LogP) is 8.12. The summed E-state index contributed by atoms with van der Waals surface area (Å²) in [6.45, 7) is 6.55. The van der Waals surface area contributed by atoms with E-state index in [4.69, 9.17) is 4.98 Å². The molecule has 1 amide bonds. The van der Waals surface area contributed by atoms with E-state index in [-0.39, 0.29) is 21.5 Å². The second-order valence-electron chi connectivity index (χ2n) is 10.2. The quantitative estimate of drug-likeness (QED) is 0.103. The number of amides is 1.